The third kappa shape index (κ3) is 6.23. The molecule has 4 nitrogen and oxygen atoms in total. The molecular formula is C17H21N3OS2. The first-order valence-corrected chi connectivity index (χ1v) is 9.30. The van der Waals surface area contributed by atoms with Crippen LogP contribution in [0.1, 0.15) is 19.4 Å². The van der Waals surface area contributed by atoms with Crippen molar-refractivity contribution in [3.8, 4) is 0 Å². The summed E-state index contributed by atoms with van der Waals surface area (Å²) in [5.41, 5.74) is 1.21. The van der Waals surface area contributed by atoms with Crippen LogP contribution in [-0.2, 0) is 4.79 Å². The van der Waals surface area contributed by atoms with Crippen LogP contribution >= 0.6 is 23.5 Å². The Morgan fingerprint density at radius 1 is 1.22 bits per heavy atom. The number of nitrogens with zero attached hydrogens (tertiary/aromatic N) is 2. The Hall–Kier alpha value is -1.53. The number of amides is 1. The van der Waals surface area contributed by atoms with Gasteiger partial charge < -0.3 is 5.32 Å². The molecule has 6 heteroatoms. The van der Waals surface area contributed by atoms with Crippen molar-refractivity contribution in [2.24, 2.45) is 5.92 Å². The lowest BCUT2D eigenvalue weighted by Gasteiger charge is -2.09. The molecular weight excluding hydrogens is 326 g/mol. The molecule has 0 saturated carbocycles. The molecule has 2 aromatic rings. The molecule has 1 N–H and O–H groups in total. The van der Waals surface area contributed by atoms with E-state index >= 15 is 0 Å². The quantitative estimate of drug-likeness (QED) is 0.772. The molecule has 0 aliphatic heterocycles. The highest BCUT2D eigenvalue weighted by molar-refractivity contribution is 8.02. The molecule has 122 valence electrons. The number of rotatable bonds is 7. The van der Waals surface area contributed by atoms with E-state index in [0.717, 1.165) is 14.9 Å². The number of aryl methyl sites for hydroxylation is 1. The van der Waals surface area contributed by atoms with Crippen molar-refractivity contribution >= 4 is 29.4 Å². The number of aromatic nitrogens is 2. The molecule has 0 fully saturated rings. The maximum absolute atomic E-state index is 11.8. The van der Waals surface area contributed by atoms with Crippen LogP contribution in [0, 0.1) is 12.8 Å². The predicted octanol–water partition coefficient (Wildman–Crippen LogP) is 3.80. The van der Waals surface area contributed by atoms with E-state index in [1.165, 1.54) is 17.3 Å². The Balaban J connectivity index is 1.99. The van der Waals surface area contributed by atoms with Crippen LogP contribution in [0.15, 0.2) is 51.6 Å². The molecule has 0 atom stereocenters. The summed E-state index contributed by atoms with van der Waals surface area (Å²) in [7, 11) is 0. The van der Waals surface area contributed by atoms with Gasteiger partial charge in [-0.25, -0.2) is 9.97 Å². The fraction of sp³-hybridized carbons (Fsp3) is 0.353. The Morgan fingerprint density at radius 3 is 2.65 bits per heavy atom. The summed E-state index contributed by atoms with van der Waals surface area (Å²) in [6.45, 7) is 6.92. The second-order valence-electron chi connectivity index (χ2n) is 5.57. The summed E-state index contributed by atoms with van der Waals surface area (Å²) in [4.78, 5) is 21.7. The normalized spacial score (nSPS) is 10.8. The summed E-state index contributed by atoms with van der Waals surface area (Å²) in [5, 5.41) is 4.54. The summed E-state index contributed by atoms with van der Waals surface area (Å²) in [6.07, 6.45) is 3.34. The van der Waals surface area contributed by atoms with Crippen LogP contribution in [0.25, 0.3) is 0 Å². The van der Waals surface area contributed by atoms with Crippen molar-refractivity contribution in [2.75, 3.05) is 12.3 Å². The number of hydrogen-bond donors (Lipinski definition) is 1. The molecule has 23 heavy (non-hydrogen) atoms. The van der Waals surface area contributed by atoms with Crippen LogP contribution in [0.3, 0.4) is 0 Å². The van der Waals surface area contributed by atoms with E-state index in [-0.39, 0.29) is 5.91 Å². The zero-order valence-corrected chi connectivity index (χ0v) is 15.2. The van der Waals surface area contributed by atoms with Gasteiger partial charge in [-0.15, -0.1) is 0 Å². The van der Waals surface area contributed by atoms with Gasteiger partial charge in [0.1, 0.15) is 10.1 Å². The average Bonchev–Trinajstić information content (AvgIpc) is 2.52. The van der Waals surface area contributed by atoms with Gasteiger partial charge in [-0.2, -0.15) is 0 Å². The van der Waals surface area contributed by atoms with Gasteiger partial charge in [-0.1, -0.05) is 55.1 Å². The Labute approximate surface area is 145 Å². The highest BCUT2D eigenvalue weighted by Crippen LogP contribution is 2.32. The number of thioether (sulfide) groups is 1. The van der Waals surface area contributed by atoms with Crippen molar-refractivity contribution in [1.82, 2.24) is 15.3 Å². The Morgan fingerprint density at radius 2 is 1.96 bits per heavy atom. The summed E-state index contributed by atoms with van der Waals surface area (Å²) in [5.74, 6) is 0.834. The lowest BCUT2D eigenvalue weighted by atomic mass is 10.2. The highest BCUT2D eigenvalue weighted by Gasteiger charge is 2.11. The molecule has 0 bridgehead atoms. The molecule has 0 unspecified atom stereocenters. The van der Waals surface area contributed by atoms with Crippen LogP contribution in [0.4, 0.5) is 0 Å². The van der Waals surface area contributed by atoms with E-state index in [0.29, 0.717) is 18.2 Å². The molecule has 1 amide bonds. The van der Waals surface area contributed by atoms with Gasteiger partial charge in [-0.05, 0) is 25.0 Å². The average molecular weight is 348 g/mol. The van der Waals surface area contributed by atoms with Crippen LogP contribution in [-0.4, -0.2) is 28.2 Å². The third-order valence-corrected chi connectivity index (χ3v) is 4.97. The second kappa shape index (κ2) is 8.93. The van der Waals surface area contributed by atoms with Crippen LogP contribution < -0.4 is 5.32 Å². The van der Waals surface area contributed by atoms with Gasteiger partial charge in [0.2, 0.25) is 5.91 Å². The van der Waals surface area contributed by atoms with Gasteiger partial charge in [0, 0.05) is 23.8 Å². The van der Waals surface area contributed by atoms with Gasteiger partial charge in [0.25, 0.3) is 0 Å². The summed E-state index contributed by atoms with van der Waals surface area (Å²) < 4.78 is 0. The van der Waals surface area contributed by atoms with E-state index in [1.807, 2.05) is 6.07 Å². The molecule has 0 spiro atoms. The maximum atomic E-state index is 11.8. The summed E-state index contributed by atoms with van der Waals surface area (Å²) in [6, 6.07) is 8.26. The minimum Gasteiger partial charge on any atom is -0.355 e. The molecule has 1 aromatic heterocycles. The summed E-state index contributed by atoms with van der Waals surface area (Å²) >= 11 is 3.00. The molecule has 1 aromatic carbocycles. The molecule has 0 saturated heterocycles. The van der Waals surface area contributed by atoms with Crippen molar-refractivity contribution in [2.45, 2.75) is 35.7 Å². The SMILES string of the molecule is Cc1cccc(Sc2nccnc2SCC(=O)NCC(C)C)c1. The first kappa shape index (κ1) is 17.8. The van der Waals surface area contributed by atoms with Gasteiger partial charge in [-0.3, -0.25) is 4.79 Å². The van der Waals surface area contributed by atoms with E-state index in [2.05, 4.69) is 54.3 Å². The van der Waals surface area contributed by atoms with Crippen molar-refractivity contribution in [3.63, 3.8) is 0 Å². The number of carbonyl (C=O) groups excluding carboxylic acids is 1. The molecule has 0 aliphatic rings. The smallest absolute Gasteiger partial charge is 0.230 e. The fourth-order valence-corrected chi connectivity index (χ4v) is 3.63. The topological polar surface area (TPSA) is 54.9 Å². The lowest BCUT2D eigenvalue weighted by molar-refractivity contribution is -0.118. The van der Waals surface area contributed by atoms with E-state index in [1.54, 1.807) is 24.2 Å². The zero-order valence-electron chi connectivity index (χ0n) is 13.6. The van der Waals surface area contributed by atoms with E-state index in [9.17, 15) is 4.79 Å². The molecule has 0 radical (unpaired) electrons. The maximum Gasteiger partial charge on any atom is 0.230 e. The fourth-order valence-electron chi connectivity index (χ4n) is 1.77. The van der Waals surface area contributed by atoms with E-state index < -0.39 is 0 Å². The van der Waals surface area contributed by atoms with Crippen LogP contribution in [0.5, 0.6) is 0 Å². The zero-order chi connectivity index (χ0) is 16.7. The van der Waals surface area contributed by atoms with Crippen LogP contribution in [0.2, 0.25) is 0 Å². The largest absolute Gasteiger partial charge is 0.355 e. The number of benzene rings is 1. The van der Waals surface area contributed by atoms with Gasteiger partial charge in [0.05, 0.1) is 5.75 Å². The first-order valence-electron chi connectivity index (χ1n) is 7.49. The Bertz CT molecular complexity index is 662. The molecule has 2 rings (SSSR count). The highest BCUT2D eigenvalue weighted by atomic mass is 32.2. The standard InChI is InChI=1S/C17H21N3OS2/c1-12(2)10-20-15(21)11-22-16-17(19-8-7-18-16)23-14-6-4-5-13(3)9-14/h4-9,12H,10-11H2,1-3H3,(H,20,21). The number of hydrogen-bond acceptors (Lipinski definition) is 5. The minimum atomic E-state index is 0.0286. The first-order chi connectivity index (χ1) is 11.0. The van der Waals surface area contributed by atoms with Crippen molar-refractivity contribution in [3.05, 3.63) is 42.2 Å². The predicted molar refractivity (Wildman–Crippen MR) is 95.9 cm³/mol. The Kier molecular flexibility index (Phi) is 6.92. The molecule has 1 heterocycles. The van der Waals surface area contributed by atoms with Crippen molar-refractivity contribution in [1.29, 1.82) is 0 Å². The number of nitrogens with one attached hydrogen (secondary N) is 1. The monoisotopic (exact) mass is 347 g/mol. The second-order valence-corrected chi connectivity index (χ2v) is 7.60. The van der Waals surface area contributed by atoms with Crippen molar-refractivity contribution < 1.29 is 4.79 Å². The van der Waals surface area contributed by atoms with Gasteiger partial charge >= 0.3 is 0 Å². The third-order valence-electron chi connectivity index (χ3n) is 2.88. The lowest BCUT2D eigenvalue weighted by Crippen LogP contribution is -2.28. The van der Waals surface area contributed by atoms with E-state index in [4.69, 9.17) is 0 Å². The number of carbonyl (C=O) groups is 1. The minimum absolute atomic E-state index is 0.0286. The molecule has 0 aliphatic carbocycles. The van der Waals surface area contributed by atoms with Gasteiger partial charge in [0.15, 0.2) is 0 Å².